The van der Waals surface area contributed by atoms with E-state index in [-0.39, 0.29) is 5.82 Å². The summed E-state index contributed by atoms with van der Waals surface area (Å²) in [6, 6.07) is 12.1. The van der Waals surface area contributed by atoms with Crippen LogP contribution in [0.5, 0.6) is 11.5 Å². The van der Waals surface area contributed by atoms with Crippen LogP contribution in [-0.2, 0) is 6.54 Å². The summed E-state index contributed by atoms with van der Waals surface area (Å²) in [5.74, 6) is 1.09. The summed E-state index contributed by atoms with van der Waals surface area (Å²) in [5.41, 5.74) is 2.08. The smallest absolute Gasteiger partial charge is 0.190 e. The monoisotopic (exact) mass is 370 g/mol. The highest BCUT2D eigenvalue weighted by Gasteiger charge is 2.14. The Morgan fingerprint density at radius 1 is 1.19 bits per heavy atom. The first-order valence-electron chi connectivity index (χ1n) is 7.98. The van der Waals surface area contributed by atoms with Crippen LogP contribution in [0.3, 0.4) is 0 Å². The fourth-order valence-electron chi connectivity index (χ4n) is 2.60. The Morgan fingerprint density at radius 3 is 2.69 bits per heavy atom. The maximum Gasteiger partial charge on any atom is 0.190 e. The van der Waals surface area contributed by atoms with Crippen LogP contribution >= 0.6 is 11.3 Å². The second-order valence-corrected chi connectivity index (χ2v) is 6.27. The van der Waals surface area contributed by atoms with Crippen molar-refractivity contribution in [2.45, 2.75) is 6.54 Å². The van der Waals surface area contributed by atoms with Crippen LogP contribution in [0.15, 0.2) is 65.5 Å². The molecule has 0 amide bonds. The minimum absolute atomic E-state index is 0.302. The Hall–Kier alpha value is -2.86. The number of hydrogen-bond donors (Lipinski definition) is 0. The maximum absolute atomic E-state index is 14.0. The van der Waals surface area contributed by atoms with E-state index in [4.69, 9.17) is 9.47 Å². The molecule has 3 rings (SSSR count). The van der Waals surface area contributed by atoms with Gasteiger partial charge in [-0.2, -0.15) is 0 Å². The van der Waals surface area contributed by atoms with Gasteiger partial charge in [0.25, 0.3) is 0 Å². The standard InChI is InChI=1S/C20H19FN2O2S/c1-4-11-23-18(15-12-14(24-2)9-10-19(15)25-3)13-26-20(23)22-17-8-6-5-7-16(17)21/h4-10,12-13H,1,11H2,2-3H3. The highest BCUT2D eigenvalue weighted by atomic mass is 32.1. The molecule has 0 aliphatic carbocycles. The summed E-state index contributed by atoms with van der Waals surface area (Å²) in [5, 5.41) is 1.97. The number of aromatic nitrogens is 1. The maximum atomic E-state index is 14.0. The first-order chi connectivity index (χ1) is 12.7. The molecule has 26 heavy (non-hydrogen) atoms. The molecule has 2 aromatic carbocycles. The fourth-order valence-corrected chi connectivity index (χ4v) is 3.52. The average molecular weight is 370 g/mol. The Labute approximate surface area is 155 Å². The van der Waals surface area contributed by atoms with E-state index in [0.29, 0.717) is 17.0 Å². The largest absolute Gasteiger partial charge is 0.497 e. The molecule has 0 saturated carbocycles. The highest BCUT2D eigenvalue weighted by molar-refractivity contribution is 7.07. The molecule has 6 heteroatoms. The van der Waals surface area contributed by atoms with Gasteiger partial charge in [-0.3, -0.25) is 0 Å². The van der Waals surface area contributed by atoms with Gasteiger partial charge in [0.05, 0.1) is 19.9 Å². The van der Waals surface area contributed by atoms with E-state index in [0.717, 1.165) is 22.8 Å². The fraction of sp³-hybridized carbons (Fsp3) is 0.150. The number of para-hydroxylation sites is 1. The molecule has 1 aromatic heterocycles. The zero-order valence-electron chi connectivity index (χ0n) is 14.6. The third-order valence-corrected chi connectivity index (χ3v) is 4.72. The van der Waals surface area contributed by atoms with Gasteiger partial charge in [0.1, 0.15) is 23.0 Å². The number of rotatable bonds is 6. The zero-order chi connectivity index (χ0) is 18.5. The summed E-state index contributed by atoms with van der Waals surface area (Å²) in [4.78, 5) is 5.17. The molecule has 0 aliphatic rings. The minimum atomic E-state index is -0.355. The van der Waals surface area contributed by atoms with Crippen molar-refractivity contribution < 1.29 is 13.9 Å². The van der Waals surface area contributed by atoms with Crippen molar-refractivity contribution in [3.05, 3.63) is 71.1 Å². The van der Waals surface area contributed by atoms with Crippen LogP contribution in [0, 0.1) is 5.82 Å². The molecule has 0 radical (unpaired) electrons. The number of nitrogens with zero attached hydrogens (tertiary/aromatic N) is 2. The summed E-state index contributed by atoms with van der Waals surface area (Å²) in [6.07, 6.45) is 1.78. The van der Waals surface area contributed by atoms with E-state index in [9.17, 15) is 4.39 Å². The van der Waals surface area contributed by atoms with Gasteiger partial charge in [-0.1, -0.05) is 18.2 Å². The van der Waals surface area contributed by atoms with Gasteiger partial charge in [-0.15, -0.1) is 17.9 Å². The zero-order valence-corrected chi connectivity index (χ0v) is 15.4. The number of thiazole rings is 1. The van der Waals surface area contributed by atoms with Gasteiger partial charge in [0.2, 0.25) is 0 Å². The molecule has 0 bridgehead atoms. The topological polar surface area (TPSA) is 35.8 Å². The van der Waals surface area contributed by atoms with Crippen molar-refractivity contribution in [2.75, 3.05) is 14.2 Å². The van der Waals surface area contributed by atoms with Crippen molar-refractivity contribution in [1.82, 2.24) is 4.57 Å². The van der Waals surface area contributed by atoms with Gasteiger partial charge < -0.3 is 14.0 Å². The first-order valence-corrected chi connectivity index (χ1v) is 8.86. The number of methoxy groups -OCH3 is 2. The van der Waals surface area contributed by atoms with Gasteiger partial charge in [-0.25, -0.2) is 9.38 Å². The molecule has 4 nitrogen and oxygen atoms in total. The summed E-state index contributed by atoms with van der Waals surface area (Å²) < 4.78 is 26.8. The minimum Gasteiger partial charge on any atom is -0.497 e. The van der Waals surface area contributed by atoms with E-state index in [1.54, 1.807) is 38.5 Å². The molecule has 0 N–H and O–H groups in total. The van der Waals surface area contributed by atoms with E-state index >= 15 is 0 Å². The van der Waals surface area contributed by atoms with Gasteiger partial charge >= 0.3 is 0 Å². The quantitative estimate of drug-likeness (QED) is 0.585. The molecular weight excluding hydrogens is 351 g/mol. The predicted octanol–water partition coefficient (Wildman–Crippen LogP) is 4.79. The summed E-state index contributed by atoms with van der Waals surface area (Å²) in [7, 11) is 3.25. The van der Waals surface area contributed by atoms with Crippen molar-refractivity contribution in [2.24, 2.45) is 4.99 Å². The van der Waals surface area contributed by atoms with Crippen molar-refractivity contribution >= 4 is 17.0 Å². The molecule has 0 spiro atoms. The lowest BCUT2D eigenvalue weighted by Gasteiger charge is -2.12. The number of benzene rings is 2. The average Bonchev–Trinajstić information content (AvgIpc) is 3.05. The van der Waals surface area contributed by atoms with Crippen LogP contribution in [-0.4, -0.2) is 18.8 Å². The first kappa shape index (κ1) is 17.9. The van der Waals surface area contributed by atoms with Crippen LogP contribution in [0.1, 0.15) is 0 Å². The second-order valence-electron chi connectivity index (χ2n) is 5.43. The highest BCUT2D eigenvalue weighted by Crippen LogP contribution is 2.34. The lowest BCUT2D eigenvalue weighted by atomic mass is 10.1. The second kappa shape index (κ2) is 8.01. The molecule has 134 valence electrons. The Bertz CT molecular complexity index is 991. The number of halogens is 1. The summed E-state index contributed by atoms with van der Waals surface area (Å²) in [6.45, 7) is 4.36. The Balaban J connectivity index is 2.21. The molecule has 0 atom stereocenters. The van der Waals surface area contributed by atoms with Gasteiger partial charge in [0.15, 0.2) is 4.80 Å². The molecule has 0 fully saturated rings. The van der Waals surface area contributed by atoms with E-state index in [1.807, 2.05) is 28.1 Å². The lowest BCUT2D eigenvalue weighted by Crippen LogP contribution is -2.15. The lowest BCUT2D eigenvalue weighted by molar-refractivity contribution is 0.404. The van der Waals surface area contributed by atoms with Crippen molar-refractivity contribution in [3.8, 4) is 22.8 Å². The predicted molar refractivity (Wildman–Crippen MR) is 103 cm³/mol. The van der Waals surface area contributed by atoms with Gasteiger partial charge in [0, 0.05) is 17.5 Å². The molecular formula is C20H19FN2O2S. The number of allylic oxidation sites excluding steroid dienone is 1. The Morgan fingerprint density at radius 2 is 2.00 bits per heavy atom. The van der Waals surface area contributed by atoms with Crippen molar-refractivity contribution in [1.29, 1.82) is 0 Å². The van der Waals surface area contributed by atoms with Crippen LogP contribution in [0.4, 0.5) is 10.1 Å². The molecule has 0 aliphatic heterocycles. The number of ether oxygens (including phenoxy) is 2. The summed E-state index contributed by atoms with van der Waals surface area (Å²) >= 11 is 1.43. The normalized spacial score (nSPS) is 11.4. The van der Waals surface area contributed by atoms with Crippen LogP contribution in [0.25, 0.3) is 11.3 Å². The molecule has 0 saturated heterocycles. The van der Waals surface area contributed by atoms with Crippen LogP contribution < -0.4 is 14.3 Å². The number of hydrogen-bond acceptors (Lipinski definition) is 4. The SMILES string of the molecule is C=CCn1c(-c2cc(OC)ccc2OC)csc1=Nc1ccccc1F. The molecule has 3 aromatic rings. The van der Waals surface area contributed by atoms with E-state index in [1.165, 1.54) is 17.4 Å². The van der Waals surface area contributed by atoms with E-state index < -0.39 is 0 Å². The van der Waals surface area contributed by atoms with Gasteiger partial charge in [-0.05, 0) is 30.3 Å². The molecule has 0 unspecified atom stereocenters. The van der Waals surface area contributed by atoms with Crippen LogP contribution in [0.2, 0.25) is 0 Å². The van der Waals surface area contributed by atoms with E-state index in [2.05, 4.69) is 11.6 Å². The third-order valence-electron chi connectivity index (χ3n) is 3.86. The Kier molecular flexibility index (Phi) is 5.53. The molecule has 1 heterocycles. The van der Waals surface area contributed by atoms with Crippen molar-refractivity contribution in [3.63, 3.8) is 0 Å². The third kappa shape index (κ3) is 3.55.